The first-order valence-corrected chi connectivity index (χ1v) is 5.36. The summed E-state index contributed by atoms with van der Waals surface area (Å²) in [5.41, 5.74) is 1.02. The van der Waals surface area contributed by atoms with Gasteiger partial charge in [-0.05, 0) is 38.0 Å². The van der Waals surface area contributed by atoms with Gasteiger partial charge in [-0.2, -0.15) is 0 Å². The van der Waals surface area contributed by atoms with Crippen molar-refractivity contribution < 1.29 is 9.18 Å². The minimum atomic E-state index is -0.318. The lowest BCUT2D eigenvalue weighted by molar-refractivity contribution is 0.249. The Morgan fingerprint density at radius 1 is 1.50 bits per heavy atom. The van der Waals surface area contributed by atoms with E-state index in [1.807, 2.05) is 13.8 Å². The molecule has 3 nitrogen and oxygen atoms in total. The molecule has 0 aliphatic carbocycles. The van der Waals surface area contributed by atoms with Crippen LogP contribution in [0.5, 0.6) is 0 Å². The molecule has 0 radical (unpaired) electrons. The Hall–Kier alpha value is -1.58. The van der Waals surface area contributed by atoms with E-state index in [0.717, 1.165) is 6.42 Å². The lowest BCUT2D eigenvalue weighted by Crippen LogP contribution is -2.35. The minimum absolute atomic E-state index is 0.107. The summed E-state index contributed by atoms with van der Waals surface area (Å²) < 4.78 is 13.2. The van der Waals surface area contributed by atoms with E-state index in [2.05, 4.69) is 10.6 Å². The van der Waals surface area contributed by atoms with Crippen molar-refractivity contribution in [3.63, 3.8) is 0 Å². The Morgan fingerprint density at radius 2 is 2.19 bits per heavy atom. The number of rotatable bonds is 3. The molecule has 0 saturated heterocycles. The maximum absolute atomic E-state index is 13.2. The van der Waals surface area contributed by atoms with E-state index < -0.39 is 0 Å². The summed E-state index contributed by atoms with van der Waals surface area (Å²) in [6.45, 7) is 5.57. The molecule has 0 aliphatic heterocycles. The second-order valence-electron chi connectivity index (χ2n) is 3.87. The third-order valence-corrected chi connectivity index (χ3v) is 2.42. The van der Waals surface area contributed by atoms with E-state index in [-0.39, 0.29) is 17.9 Å². The third kappa shape index (κ3) is 3.53. The molecule has 0 fully saturated rings. The standard InChI is InChI=1S/C12H17FN2O/c1-4-9(3)14-12(16)15-10-6-5-8(2)11(13)7-10/h5-7,9H,4H2,1-3H3,(H2,14,15,16)/t9-/m1/s1. The van der Waals surface area contributed by atoms with Gasteiger partial charge in [0.1, 0.15) is 5.82 Å². The number of urea groups is 1. The largest absolute Gasteiger partial charge is 0.335 e. The van der Waals surface area contributed by atoms with Crippen LogP contribution in [0.15, 0.2) is 18.2 Å². The molecular weight excluding hydrogens is 207 g/mol. The molecule has 0 bridgehead atoms. The fourth-order valence-electron chi connectivity index (χ4n) is 1.16. The highest BCUT2D eigenvalue weighted by Gasteiger charge is 2.06. The van der Waals surface area contributed by atoms with Crippen molar-refractivity contribution in [3.8, 4) is 0 Å². The molecule has 4 heteroatoms. The summed E-state index contributed by atoms with van der Waals surface area (Å²) in [6.07, 6.45) is 0.857. The molecule has 0 aliphatic rings. The number of hydrogen-bond donors (Lipinski definition) is 2. The normalized spacial score (nSPS) is 12.0. The highest BCUT2D eigenvalue weighted by molar-refractivity contribution is 5.89. The first-order valence-electron chi connectivity index (χ1n) is 5.36. The number of hydrogen-bond acceptors (Lipinski definition) is 1. The predicted molar refractivity (Wildman–Crippen MR) is 63.0 cm³/mol. The number of amides is 2. The number of benzene rings is 1. The summed E-state index contributed by atoms with van der Waals surface area (Å²) in [6, 6.07) is 4.42. The number of aryl methyl sites for hydroxylation is 1. The van der Waals surface area contributed by atoms with Crippen LogP contribution in [-0.4, -0.2) is 12.1 Å². The molecule has 0 spiro atoms. The van der Waals surface area contributed by atoms with Crippen LogP contribution in [0.4, 0.5) is 14.9 Å². The Labute approximate surface area is 95.0 Å². The summed E-state index contributed by atoms with van der Waals surface area (Å²) in [5, 5.41) is 5.32. The van der Waals surface area contributed by atoms with Crippen LogP contribution >= 0.6 is 0 Å². The van der Waals surface area contributed by atoms with Crippen LogP contribution in [0.25, 0.3) is 0 Å². The highest BCUT2D eigenvalue weighted by atomic mass is 19.1. The molecule has 0 aromatic heterocycles. The lowest BCUT2D eigenvalue weighted by atomic mass is 10.2. The van der Waals surface area contributed by atoms with Gasteiger partial charge in [0.05, 0.1) is 0 Å². The molecular formula is C12H17FN2O. The van der Waals surface area contributed by atoms with Gasteiger partial charge in [0.25, 0.3) is 0 Å². The highest BCUT2D eigenvalue weighted by Crippen LogP contribution is 2.13. The Balaban J connectivity index is 2.59. The van der Waals surface area contributed by atoms with Crippen molar-refractivity contribution in [1.29, 1.82) is 0 Å². The van der Waals surface area contributed by atoms with Crippen molar-refractivity contribution in [2.45, 2.75) is 33.2 Å². The Morgan fingerprint density at radius 3 is 2.75 bits per heavy atom. The topological polar surface area (TPSA) is 41.1 Å². The van der Waals surface area contributed by atoms with Crippen LogP contribution in [0.2, 0.25) is 0 Å². The fourth-order valence-corrected chi connectivity index (χ4v) is 1.16. The average Bonchev–Trinajstić information content (AvgIpc) is 2.23. The van der Waals surface area contributed by atoms with Gasteiger partial charge in [0.2, 0.25) is 0 Å². The smallest absolute Gasteiger partial charge is 0.319 e. The molecule has 1 atom stereocenters. The third-order valence-electron chi connectivity index (χ3n) is 2.42. The molecule has 0 saturated carbocycles. The Kier molecular flexibility index (Phi) is 4.28. The molecule has 0 heterocycles. The molecule has 1 aromatic rings. The van der Waals surface area contributed by atoms with Crippen LogP contribution in [0, 0.1) is 12.7 Å². The SMILES string of the molecule is CC[C@@H](C)NC(=O)Nc1ccc(C)c(F)c1. The van der Waals surface area contributed by atoms with Gasteiger partial charge in [0, 0.05) is 11.7 Å². The number of anilines is 1. The van der Waals surface area contributed by atoms with Crippen molar-refractivity contribution in [2.24, 2.45) is 0 Å². The number of carbonyl (C=O) groups excluding carboxylic acids is 1. The van der Waals surface area contributed by atoms with Crippen molar-refractivity contribution in [2.75, 3.05) is 5.32 Å². The zero-order valence-corrected chi connectivity index (χ0v) is 9.80. The van der Waals surface area contributed by atoms with Crippen LogP contribution in [0.1, 0.15) is 25.8 Å². The van der Waals surface area contributed by atoms with Gasteiger partial charge in [-0.3, -0.25) is 0 Å². The van der Waals surface area contributed by atoms with E-state index in [0.29, 0.717) is 11.3 Å². The van der Waals surface area contributed by atoms with Gasteiger partial charge in [-0.15, -0.1) is 0 Å². The van der Waals surface area contributed by atoms with Crippen LogP contribution in [0.3, 0.4) is 0 Å². The van der Waals surface area contributed by atoms with Gasteiger partial charge in [0.15, 0.2) is 0 Å². The zero-order valence-electron chi connectivity index (χ0n) is 9.80. The quantitative estimate of drug-likeness (QED) is 0.814. The van der Waals surface area contributed by atoms with Gasteiger partial charge < -0.3 is 10.6 Å². The molecule has 2 amide bonds. The monoisotopic (exact) mass is 224 g/mol. The number of nitrogens with one attached hydrogen (secondary N) is 2. The van der Waals surface area contributed by atoms with E-state index in [4.69, 9.17) is 0 Å². The van der Waals surface area contributed by atoms with Gasteiger partial charge >= 0.3 is 6.03 Å². The lowest BCUT2D eigenvalue weighted by Gasteiger charge is -2.12. The zero-order chi connectivity index (χ0) is 12.1. The van der Waals surface area contributed by atoms with E-state index >= 15 is 0 Å². The second-order valence-corrected chi connectivity index (χ2v) is 3.87. The minimum Gasteiger partial charge on any atom is -0.335 e. The van der Waals surface area contributed by atoms with Crippen molar-refractivity contribution in [1.82, 2.24) is 5.32 Å². The molecule has 88 valence electrons. The van der Waals surface area contributed by atoms with Crippen molar-refractivity contribution >= 4 is 11.7 Å². The average molecular weight is 224 g/mol. The molecule has 0 unspecified atom stereocenters. The number of carbonyl (C=O) groups is 1. The summed E-state index contributed by atoms with van der Waals surface area (Å²) in [5.74, 6) is -0.318. The maximum atomic E-state index is 13.2. The molecule has 2 N–H and O–H groups in total. The van der Waals surface area contributed by atoms with E-state index in [1.54, 1.807) is 19.1 Å². The number of halogens is 1. The molecule has 1 rings (SSSR count). The second kappa shape index (κ2) is 5.49. The van der Waals surface area contributed by atoms with Gasteiger partial charge in [-0.1, -0.05) is 13.0 Å². The first kappa shape index (κ1) is 12.5. The summed E-state index contributed by atoms with van der Waals surface area (Å²) >= 11 is 0. The first-order chi connectivity index (χ1) is 7.52. The van der Waals surface area contributed by atoms with Crippen molar-refractivity contribution in [3.05, 3.63) is 29.6 Å². The predicted octanol–water partition coefficient (Wildman–Crippen LogP) is 3.05. The van der Waals surface area contributed by atoms with Crippen LogP contribution < -0.4 is 10.6 Å². The molecule has 16 heavy (non-hydrogen) atoms. The van der Waals surface area contributed by atoms with Gasteiger partial charge in [-0.25, -0.2) is 9.18 Å². The Bertz CT molecular complexity index is 379. The summed E-state index contributed by atoms with van der Waals surface area (Å²) in [7, 11) is 0. The van der Waals surface area contributed by atoms with E-state index in [9.17, 15) is 9.18 Å². The maximum Gasteiger partial charge on any atom is 0.319 e. The van der Waals surface area contributed by atoms with Crippen LogP contribution in [-0.2, 0) is 0 Å². The van der Waals surface area contributed by atoms with E-state index in [1.165, 1.54) is 6.07 Å². The fraction of sp³-hybridized carbons (Fsp3) is 0.417. The summed E-state index contributed by atoms with van der Waals surface area (Å²) in [4.78, 5) is 11.4. The molecule has 1 aromatic carbocycles.